The molecule has 1 N–H and O–H groups in total. The Labute approximate surface area is 90.5 Å². The number of nitrogens with zero attached hydrogens (tertiary/aromatic N) is 1. The topological polar surface area (TPSA) is 24.9 Å². The minimum absolute atomic E-state index is 0.447. The highest BCUT2D eigenvalue weighted by Gasteiger charge is 2.29. The van der Waals surface area contributed by atoms with Crippen molar-refractivity contribution in [3.63, 3.8) is 0 Å². The van der Waals surface area contributed by atoms with Crippen molar-refractivity contribution < 1.29 is 13.2 Å². The summed E-state index contributed by atoms with van der Waals surface area (Å²) < 4.78 is 36.0. The number of hydrogen-bond donors (Lipinski definition) is 1. The largest absolute Gasteiger partial charge is 0.390 e. The summed E-state index contributed by atoms with van der Waals surface area (Å²) in [6, 6.07) is -0.563. The predicted octanol–water partition coefficient (Wildman–Crippen LogP) is 2.88. The van der Waals surface area contributed by atoms with Crippen LogP contribution < -0.4 is 5.32 Å². The number of halogens is 3. The molecule has 1 aromatic heterocycles. The van der Waals surface area contributed by atoms with Crippen molar-refractivity contribution in [3.05, 3.63) is 16.1 Å². The molecule has 0 bridgehead atoms. The number of alkyl halides is 3. The van der Waals surface area contributed by atoms with Crippen molar-refractivity contribution in [1.82, 2.24) is 10.3 Å². The van der Waals surface area contributed by atoms with Gasteiger partial charge in [0.15, 0.2) is 0 Å². The smallest absolute Gasteiger partial charge is 0.309 e. The maximum atomic E-state index is 12.0. The maximum Gasteiger partial charge on any atom is 0.390 e. The quantitative estimate of drug-likeness (QED) is 0.872. The lowest BCUT2D eigenvalue weighted by atomic mass is 10.2. The molecule has 86 valence electrons. The summed E-state index contributed by atoms with van der Waals surface area (Å²) in [5.41, 5.74) is 0. The van der Waals surface area contributed by atoms with Crippen LogP contribution in [0.3, 0.4) is 0 Å². The van der Waals surface area contributed by atoms with Crippen LogP contribution in [0.5, 0.6) is 0 Å². The van der Waals surface area contributed by atoms with E-state index in [1.165, 1.54) is 18.3 Å². The van der Waals surface area contributed by atoms with Crippen molar-refractivity contribution in [2.75, 3.05) is 0 Å². The van der Waals surface area contributed by atoms with Crippen LogP contribution in [0.25, 0.3) is 0 Å². The fourth-order valence-corrected chi connectivity index (χ4v) is 1.93. The van der Waals surface area contributed by atoms with Gasteiger partial charge < -0.3 is 5.32 Å². The fraction of sp³-hybridized carbons (Fsp3) is 0.667. The molecule has 0 aliphatic heterocycles. The van der Waals surface area contributed by atoms with Crippen LogP contribution in [0.2, 0.25) is 0 Å². The highest BCUT2D eigenvalue weighted by Crippen LogP contribution is 2.21. The Morgan fingerprint density at radius 1 is 1.53 bits per heavy atom. The van der Waals surface area contributed by atoms with Gasteiger partial charge in [-0.15, -0.1) is 11.3 Å². The molecule has 0 saturated carbocycles. The molecule has 0 spiro atoms. The SMILES string of the molecule is Cc1ncc(CNC(C)CC(F)(F)F)s1. The summed E-state index contributed by atoms with van der Waals surface area (Å²) in [5.74, 6) is 0. The first-order chi connectivity index (χ1) is 6.87. The molecule has 1 aromatic rings. The first-order valence-electron chi connectivity index (χ1n) is 4.58. The molecular weight excluding hydrogens is 225 g/mol. The summed E-state index contributed by atoms with van der Waals surface area (Å²) in [7, 11) is 0. The molecule has 1 rings (SSSR count). The van der Waals surface area contributed by atoms with E-state index in [2.05, 4.69) is 10.3 Å². The van der Waals surface area contributed by atoms with E-state index in [0.29, 0.717) is 6.54 Å². The van der Waals surface area contributed by atoms with Gasteiger partial charge in [0, 0.05) is 23.7 Å². The van der Waals surface area contributed by atoms with Crippen molar-refractivity contribution in [2.45, 2.75) is 39.0 Å². The Bertz CT molecular complexity index is 309. The average molecular weight is 238 g/mol. The van der Waals surface area contributed by atoms with E-state index in [1.807, 2.05) is 6.92 Å². The van der Waals surface area contributed by atoms with Gasteiger partial charge in [0.25, 0.3) is 0 Å². The third-order valence-electron chi connectivity index (χ3n) is 1.83. The predicted molar refractivity (Wildman–Crippen MR) is 53.8 cm³/mol. The van der Waals surface area contributed by atoms with Crippen LogP contribution in [0, 0.1) is 6.92 Å². The molecule has 1 atom stereocenters. The van der Waals surface area contributed by atoms with Crippen LogP contribution in [-0.2, 0) is 6.54 Å². The lowest BCUT2D eigenvalue weighted by Crippen LogP contribution is -2.30. The van der Waals surface area contributed by atoms with Gasteiger partial charge in [0.2, 0.25) is 0 Å². The molecule has 0 aliphatic carbocycles. The monoisotopic (exact) mass is 238 g/mol. The van der Waals surface area contributed by atoms with Gasteiger partial charge in [-0.2, -0.15) is 13.2 Å². The zero-order chi connectivity index (χ0) is 11.5. The lowest BCUT2D eigenvalue weighted by Gasteiger charge is -2.14. The lowest BCUT2D eigenvalue weighted by molar-refractivity contribution is -0.139. The van der Waals surface area contributed by atoms with Gasteiger partial charge in [0.05, 0.1) is 11.4 Å². The molecule has 0 saturated heterocycles. The molecule has 0 aliphatic rings. The Balaban J connectivity index is 2.31. The number of hydrogen-bond acceptors (Lipinski definition) is 3. The minimum Gasteiger partial charge on any atom is -0.309 e. The number of aromatic nitrogens is 1. The summed E-state index contributed by atoms with van der Waals surface area (Å²) >= 11 is 1.49. The molecule has 1 heterocycles. The summed E-state index contributed by atoms with van der Waals surface area (Å²) in [4.78, 5) is 4.99. The van der Waals surface area contributed by atoms with Crippen molar-refractivity contribution >= 4 is 11.3 Å². The average Bonchev–Trinajstić information content (AvgIpc) is 2.45. The first kappa shape index (κ1) is 12.4. The van der Waals surface area contributed by atoms with Crippen molar-refractivity contribution in [2.24, 2.45) is 0 Å². The third-order valence-corrected chi connectivity index (χ3v) is 2.74. The van der Waals surface area contributed by atoms with Crippen LogP contribution in [0.15, 0.2) is 6.20 Å². The van der Waals surface area contributed by atoms with Gasteiger partial charge in [-0.3, -0.25) is 0 Å². The molecule has 0 fully saturated rings. The first-order valence-corrected chi connectivity index (χ1v) is 5.40. The second-order valence-electron chi connectivity index (χ2n) is 3.45. The van der Waals surface area contributed by atoms with Gasteiger partial charge >= 0.3 is 6.18 Å². The summed E-state index contributed by atoms with van der Waals surface area (Å²) in [5, 5.41) is 3.75. The van der Waals surface area contributed by atoms with Gasteiger partial charge in [-0.05, 0) is 13.8 Å². The number of thiazole rings is 1. The van der Waals surface area contributed by atoms with E-state index in [9.17, 15) is 13.2 Å². The Morgan fingerprint density at radius 3 is 2.67 bits per heavy atom. The highest BCUT2D eigenvalue weighted by atomic mass is 32.1. The zero-order valence-electron chi connectivity index (χ0n) is 8.56. The Kier molecular flexibility index (Phi) is 4.10. The van der Waals surface area contributed by atoms with Gasteiger partial charge in [-0.1, -0.05) is 0 Å². The molecule has 6 heteroatoms. The second kappa shape index (κ2) is 4.94. The van der Waals surface area contributed by atoms with Gasteiger partial charge in [-0.25, -0.2) is 4.98 Å². The highest BCUT2D eigenvalue weighted by molar-refractivity contribution is 7.11. The molecule has 0 radical (unpaired) electrons. The van der Waals surface area contributed by atoms with E-state index < -0.39 is 18.6 Å². The fourth-order valence-electron chi connectivity index (χ4n) is 1.18. The standard InChI is InChI=1S/C9H13F3N2S/c1-6(3-9(10,11)12)13-4-8-5-14-7(2)15-8/h5-6,13H,3-4H2,1-2H3. The maximum absolute atomic E-state index is 12.0. The molecule has 0 aromatic carbocycles. The Morgan fingerprint density at radius 2 is 2.20 bits per heavy atom. The van der Waals surface area contributed by atoms with Crippen LogP contribution in [0.4, 0.5) is 13.2 Å². The van der Waals surface area contributed by atoms with Gasteiger partial charge in [0.1, 0.15) is 0 Å². The van der Waals surface area contributed by atoms with Crippen LogP contribution in [-0.4, -0.2) is 17.2 Å². The molecular formula is C9H13F3N2S. The minimum atomic E-state index is -4.10. The van der Waals surface area contributed by atoms with E-state index in [4.69, 9.17) is 0 Å². The van der Waals surface area contributed by atoms with Crippen molar-refractivity contribution in [3.8, 4) is 0 Å². The number of aryl methyl sites for hydroxylation is 1. The van der Waals surface area contributed by atoms with E-state index in [0.717, 1.165) is 9.88 Å². The second-order valence-corrected chi connectivity index (χ2v) is 4.77. The number of nitrogens with one attached hydrogen (secondary N) is 1. The molecule has 2 nitrogen and oxygen atoms in total. The van der Waals surface area contributed by atoms with E-state index >= 15 is 0 Å². The molecule has 15 heavy (non-hydrogen) atoms. The zero-order valence-corrected chi connectivity index (χ0v) is 9.37. The molecule has 0 amide bonds. The van der Waals surface area contributed by atoms with Crippen LogP contribution >= 0.6 is 11.3 Å². The molecule has 1 unspecified atom stereocenters. The van der Waals surface area contributed by atoms with E-state index in [-0.39, 0.29) is 0 Å². The Hall–Kier alpha value is -0.620. The summed E-state index contributed by atoms with van der Waals surface area (Å²) in [6.45, 7) is 3.84. The van der Waals surface area contributed by atoms with Crippen molar-refractivity contribution in [1.29, 1.82) is 0 Å². The van der Waals surface area contributed by atoms with Crippen LogP contribution in [0.1, 0.15) is 23.2 Å². The number of rotatable bonds is 4. The van der Waals surface area contributed by atoms with E-state index in [1.54, 1.807) is 6.20 Å². The summed E-state index contributed by atoms with van der Waals surface area (Å²) in [6.07, 6.45) is -3.21. The third kappa shape index (κ3) is 5.13. The normalized spacial score (nSPS) is 14.2.